The molecule has 0 radical (unpaired) electrons. The zero-order chi connectivity index (χ0) is 15.2. The number of ether oxygens (including phenoxy) is 1. The van der Waals surface area contributed by atoms with Gasteiger partial charge in [-0.1, -0.05) is 11.6 Å². The molecule has 1 aromatic carbocycles. The van der Waals surface area contributed by atoms with E-state index in [1.54, 1.807) is 37.3 Å². The maximum Gasteiger partial charge on any atom is 0.339 e. The SMILES string of the molecule is CCOC(=O)c1ccc(Nc2cc(Cl)ccc2C#N)nc1. The van der Waals surface area contributed by atoms with Crippen LogP contribution in [0.2, 0.25) is 5.02 Å². The third-order valence-corrected chi connectivity index (χ3v) is 2.87. The maximum atomic E-state index is 11.5. The van der Waals surface area contributed by atoms with Crippen molar-refractivity contribution in [3.05, 3.63) is 52.7 Å². The number of nitrogens with one attached hydrogen (secondary N) is 1. The Morgan fingerprint density at radius 1 is 1.43 bits per heavy atom. The Morgan fingerprint density at radius 3 is 2.86 bits per heavy atom. The van der Waals surface area contributed by atoms with E-state index >= 15 is 0 Å². The predicted octanol–water partition coefficient (Wildman–Crippen LogP) is 3.53. The van der Waals surface area contributed by atoms with Crippen molar-refractivity contribution in [2.75, 3.05) is 11.9 Å². The minimum absolute atomic E-state index is 0.312. The molecule has 21 heavy (non-hydrogen) atoms. The van der Waals surface area contributed by atoms with E-state index in [0.29, 0.717) is 34.3 Å². The highest BCUT2D eigenvalue weighted by atomic mass is 35.5. The van der Waals surface area contributed by atoms with Crippen LogP contribution in [0.4, 0.5) is 11.5 Å². The number of pyridine rings is 1. The van der Waals surface area contributed by atoms with Crippen molar-refractivity contribution in [1.29, 1.82) is 5.26 Å². The van der Waals surface area contributed by atoms with Gasteiger partial charge < -0.3 is 10.1 Å². The van der Waals surface area contributed by atoms with E-state index in [1.807, 2.05) is 0 Å². The van der Waals surface area contributed by atoms with Crippen LogP contribution in [0, 0.1) is 11.3 Å². The second-order valence-corrected chi connectivity index (χ2v) is 4.52. The molecular weight excluding hydrogens is 290 g/mol. The highest BCUT2D eigenvalue weighted by Crippen LogP contribution is 2.23. The van der Waals surface area contributed by atoms with Crippen molar-refractivity contribution in [1.82, 2.24) is 4.98 Å². The summed E-state index contributed by atoms with van der Waals surface area (Å²) in [4.78, 5) is 15.6. The average molecular weight is 302 g/mol. The fraction of sp³-hybridized carbons (Fsp3) is 0.133. The van der Waals surface area contributed by atoms with Crippen molar-refractivity contribution in [3.63, 3.8) is 0 Å². The van der Waals surface area contributed by atoms with Gasteiger partial charge in [0.05, 0.1) is 23.4 Å². The van der Waals surface area contributed by atoms with Gasteiger partial charge in [0.1, 0.15) is 11.9 Å². The summed E-state index contributed by atoms with van der Waals surface area (Å²) in [6.07, 6.45) is 1.41. The van der Waals surface area contributed by atoms with Gasteiger partial charge in [0.25, 0.3) is 0 Å². The predicted molar refractivity (Wildman–Crippen MR) is 79.6 cm³/mol. The average Bonchev–Trinajstić information content (AvgIpc) is 2.48. The molecule has 2 rings (SSSR count). The Balaban J connectivity index is 2.19. The van der Waals surface area contributed by atoms with Crippen molar-refractivity contribution in [2.24, 2.45) is 0 Å². The second-order valence-electron chi connectivity index (χ2n) is 4.08. The zero-order valence-corrected chi connectivity index (χ0v) is 12.0. The lowest BCUT2D eigenvalue weighted by atomic mass is 10.2. The Bertz CT molecular complexity index is 693. The van der Waals surface area contributed by atoms with Gasteiger partial charge in [-0.3, -0.25) is 0 Å². The normalized spacial score (nSPS) is 9.76. The lowest BCUT2D eigenvalue weighted by Gasteiger charge is -2.08. The van der Waals surface area contributed by atoms with Crippen LogP contribution in [0.25, 0.3) is 0 Å². The summed E-state index contributed by atoms with van der Waals surface area (Å²) >= 11 is 5.91. The van der Waals surface area contributed by atoms with E-state index in [9.17, 15) is 4.79 Å². The van der Waals surface area contributed by atoms with E-state index < -0.39 is 5.97 Å². The van der Waals surface area contributed by atoms with Gasteiger partial charge in [-0.05, 0) is 37.3 Å². The summed E-state index contributed by atoms with van der Waals surface area (Å²) in [5.41, 5.74) is 1.38. The minimum atomic E-state index is -0.419. The van der Waals surface area contributed by atoms with Gasteiger partial charge in [-0.2, -0.15) is 5.26 Å². The highest BCUT2D eigenvalue weighted by Gasteiger charge is 2.08. The summed E-state index contributed by atoms with van der Waals surface area (Å²) in [6, 6.07) is 10.2. The van der Waals surface area contributed by atoms with Gasteiger partial charge in [-0.25, -0.2) is 9.78 Å². The van der Waals surface area contributed by atoms with Gasteiger partial charge in [0, 0.05) is 11.2 Å². The van der Waals surface area contributed by atoms with E-state index in [4.69, 9.17) is 21.6 Å². The molecule has 0 spiro atoms. The molecule has 0 amide bonds. The van der Waals surface area contributed by atoms with Crippen molar-refractivity contribution in [3.8, 4) is 6.07 Å². The highest BCUT2D eigenvalue weighted by molar-refractivity contribution is 6.30. The summed E-state index contributed by atoms with van der Waals surface area (Å²) in [7, 11) is 0. The molecule has 1 N–H and O–H groups in total. The number of halogens is 1. The summed E-state index contributed by atoms with van der Waals surface area (Å²) in [5.74, 6) is 0.0823. The number of aromatic nitrogens is 1. The molecule has 0 aliphatic rings. The molecule has 0 saturated carbocycles. The number of hydrogen-bond acceptors (Lipinski definition) is 5. The second kappa shape index (κ2) is 6.73. The van der Waals surface area contributed by atoms with Crippen LogP contribution >= 0.6 is 11.6 Å². The molecule has 1 heterocycles. The van der Waals surface area contributed by atoms with Crippen LogP contribution < -0.4 is 5.32 Å². The molecule has 0 saturated heterocycles. The largest absolute Gasteiger partial charge is 0.462 e. The van der Waals surface area contributed by atoms with Crippen LogP contribution in [0.5, 0.6) is 0 Å². The lowest BCUT2D eigenvalue weighted by Crippen LogP contribution is -2.05. The van der Waals surface area contributed by atoms with E-state index in [2.05, 4.69) is 16.4 Å². The minimum Gasteiger partial charge on any atom is -0.462 e. The Labute approximate surface area is 127 Å². The van der Waals surface area contributed by atoms with Crippen LogP contribution in [0.1, 0.15) is 22.8 Å². The van der Waals surface area contributed by atoms with Crippen LogP contribution in [-0.4, -0.2) is 17.6 Å². The standard InChI is InChI=1S/C15H12ClN3O2/c1-2-21-15(20)11-4-6-14(18-9-11)19-13-7-12(16)5-3-10(13)8-17/h3-7,9H,2H2,1H3,(H,18,19). The molecule has 106 valence electrons. The van der Waals surface area contributed by atoms with E-state index in [-0.39, 0.29) is 0 Å². The van der Waals surface area contributed by atoms with Crippen LogP contribution in [-0.2, 0) is 4.74 Å². The van der Waals surface area contributed by atoms with Gasteiger partial charge in [0.15, 0.2) is 0 Å². The van der Waals surface area contributed by atoms with Crippen LogP contribution in [0.15, 0.2) is 36.5 Å². The first-order valence-electron chi connectivity index (χ1n) is 6.24. The third-order valence-electron chi connectivity index (χ3n) is 2.64. The fourth-order valence-corrected chi connectivity index (χ4v) is 1.83. The number of carbonyl (C=O) groups is 1. The van der Waals surface area contributed by atoms with Gasteiger partial charge in [0.2, 0.25) is 0 Å². The Morgan fingerprint density at radius 2 is 2.24 bits per heavy atom. The van der Waals surface area contributed by atoms with Gasteiger partial charge >= 0.3 is 5.97 Å². The quantitative estimate of drug-likeness (QED) is 0.874. The first kappa shape index (κ1) is 14.8. The molecule has 0 bridgehead atoms. The molecule has 5 nitrogen and oxygen atoms in total. The molecule has 6 heteroatoms. The topological polar surface area (TPSA) is 75.0 Å². The van der Waals surface area contributed by atoms with Crippen molar-refractivity contribution in [2.45, 2.75) is 6.92 Å². The number of esters is 1. The number of nitriles is 1. The summed E-state index contributed by atoms with van der Waals surface area (Å²) in [6.45, 7) is 2.05. The number of hydrogen-bond donors (Lipinski definition) is 1. The molecule has 0 unspecified atom stereocenters. The Hall–Kier alpha value is -2.58. The lowest BCUT2D eigenvalue weighted by molar-refractivity contribution is 0.0526. The summed E-state index contributed by atoms with van der Waals surface area (Å²) < 4.78 is 4.88. The number of carbonyl (C=O) groups excluding carboxylic acids is 1. The molecule has 2 aromatic rings. The number of anilines is 2. The third kappa shape index (κ3) is 3.71. The van der Waals surface area contributed by atoms with Crippen molar-refractivity contribution < 1.29 is 9.53 Å². The molecular formula is C15H12ClN3O2. The Kier molecular flexibility index (Phi) is 4.75. The first-order valence-corrected chi connectivity index (χ1v) is 6.61. The summed E-state index contributed by atoms with van der Waals surface area (Å²) in [5, 5.41) is 12.6. The van der Waals surface area contributed by atoms with Crippen molar-refractivity contribution >= 4 is 29.1 Å². The number of rotatable bonds is 4. The molecule has 1 aromatic heterocycles. The molecule has 0 atom stereocenters. The van der Waals surface area contributed by atoms with Crippen LogP contribution in [0.3, 0.4) is 0 Å². The van der Waals surface area contributed by atoms with E-state index in [0.717, 1.165) is 0 Å². The smallest absolute Gasteiger partial charge is 0.339 e. The molecule has 0 aliphatic carbocycles. The molecule has 0 fully saturated rings. The fourth-order valence-electron chi connectivity index (χ4n) is 1.66. The zero-order valence-electron chi connectivity index (χ0n) is 11.3. The van der Waals surface area contributed by atoms with E-state index in [1.165, 1.54) is 6.20 Å². The van der Waals surface area contributed by atoms with Gasteiger partial charge in [-0.15, -0.1) is 0 Å². The molecule has 0 aliphatic heterocycles. The first-order chi connectivity index (χ1) is 10.1. The maximum absolute atomic E-state index is 11.5. The monoisotopic (exact) mass is 301 g/mol. The number of benzene rings is 1. The number of nitrogens with zero attached hydrogens (tertiary/aromatic N) is 2.